The number of aromatic nitrogens is 1. The Labute approximate surface area is 172 Å². The number of amides is 1. The highest BCUT2D eigenvalue weighted by molar-refractivity contribution is 5.87. The smallest absolute Gasteiger partial charge is 0.437 e. The summed E-state index contributed by atoms with van der Waals surface area (Å²) in [5.74, 6) is -1.29. The summed E-state index contributed by atoms with van der Waals surface area (Å²) in [6.07, 6.45) is 0.412. The minimum atomic E-state index is -1.02. The first-order chi connectivity index (χ1) is 14.3. The van der Waals surface area contributed by atoms with Gasteiger partial charge in [-0.25, -0.2) is 18.6 Å². The van der Waals surface area contributed by atoms with Gasteiger partial charge in [0.05, 0.1) is 6.54 Å². The lowest BCUT2D eigenvalue weighted by atomic mass is 10.1. The predicted molar refractivity (Wildman–Crippen MR) is 110 cm³/mol. The van der Waals surface area contributed by atoms with Gasteiger partial charge < -0.3 is 26.0 Å². The first kappa shape index (κ1) is 21.0. The summed E-state index contributed by atoms with van der Waals surface area (Å²) >= 11 is 0. The minimum Gasteiger partial charge on any atom is -0.443 e. The van der Waals surface area contributed by atoms with Crippen molar-refractivity contribution in [2.75, 3.05) is 22.9 Å². The zero-order valence-electron chi connectivity index (χ0n) is 16.4. The number of ether oxygens (including phenoxy) is 1. The number of carbonyl (C=O) groups is 1. The van der Waals surface area contributed by atoms with Crippen molar-refractivity contribution in [3.63, 3.8) is 0 Å². The average Bonchev–Trinajstić information content (AvgIpc) is 2.68. The van der Waals surface area contributed by atoms with E-state index in [9.17, 15) is 9.18 Å². The normalized spacial score (nSPS) is 16.4. The van der Waals surface area contributed by atoms with Crippen molar-refractivity contribution in [1.82, 2.24) is 4.98 Å². The lowest BCUT2D eigenvalue weighted by molar-refractivity contribution is 0.149. The fraction of sp³-hybridized carbons (Fsp3) is 0.250. The number of benzene rings is 1. The van der Waals surface area contributed by atoms with E-state index < -0.39 is 17.9 Å². The van der Waals surface area contributed by atoms with Crippen LogP contribution in [0.15, 0.2) is 53.8 Å². The molecule has 1 unspecified atom stereocenters. The van der Waals surface area contributed by atoms with Crippen LogP contribution < -0.4 is 21.3 Å². The summed E-state index contributed by atoms with van der Waals surface area (Å²) in [5.41, 5.74) is 11.7. The Morgan fingerprint density at radius 3 is 2.83 bits per heavy atom. The van der Waals surface area contributed by atoms with Crippen molar-refractivity contribution in [2.45, 2.75) is 19.6 Å². The molecule has 0 spiro atoms. The van der Waals surface area contributed by atoms with E-state index in [0.717, 1.165) is 0 Å². The molecule has 0 aliphatic carbocycles. The van der Waals surface area contributed by atoms with Crippen LogP contribution in [0.3, 0.4) is 0 Å². The van der Waals surface area contributed by atoms with Crippen molar-refractivity contribution in [3.8, 4) is 0 Å². The van der Waals surface area contributed by atoms with Crippen LogP contribution in [0.25, 0.3) is 0 Å². The number of hydrogen-bond acceptors (Lipinski definition) is 5. The van der Waals surface area contributed by atoms with Gasteiger partial charge in [-0.1, -0.05) is 12.6 Å². The van der Waals surface area contributed by atoms with Crippen molar-refractivity contribution < 1.29 is 18.3 Å². The third-order valence-electron chi connectivity index (χ3n) is 4.63. The number of carbonyl (C=O) groups excluding carboxylic acids is 1. The molecule has 1 fully saturated rings. The molecular formula is C20H22F2N6O2. The Balaban J connectivity index is 1.77. The molecule has 30 heavy (non-hydrogen) atoms. The molecule has 1 aromatic carbocycles. The molecule has 1 aliphatic heterocycles. The van der Waals surface area contributed by atoms with Gasteiger partial charge in [0.25, 0.3) is 0 Å². The molecule has 1 aromatic heterocycles. The first-order valence-electron chi connectivity index (χ1n) is 9.13. The van der Waals surface area contributed by atoms with E-state index in [-0.39, 0.29) is 29.8 Å². The highest BCUT2D eigenvalue weighted by Crippen LogP contribution is 2.30. The monoisotopic (exact) mass is 416 g/mol. The summed E-state index contributed by atoms with van der Waals surface area (Å²) in [6, 6.07) is 7.48. The molecule has 1 saturated heterocycles. The Kier molecular flexibility index (Phi) is 6.14. The van der Waals surface area contributed by atoms with Crippen molar-refractivity contribution in [2.24, 2.45) is 16.5 Å². The molecule has 1 amide bonds. The second-order valence-corrected chi connectivity index (χ2v) is 6.83. The van der Waals surface area contributed by atoms with Gasteiger partial charge in [0.1, 0.15) is 12.4 Å². The van der Waals surface area contributed by atoms with E-state index in [0.29, 0.717) is 24.5 Å². The van der Waals surface area contributed by atoms with Crippen LogP contribution in [-0.4, -0.2) is 36.2 Å². The summed E-state index contributed by atoms with van der Waals surface area (Å²) in [7, 11) is 0. The number of anilines is 2. The van der Waals surface area contributed by atoms with Crippen LogP contribution in [0.1, 0.15) is 12.5 Å². The third kappa shape index (κ3) is 4.65. The van der Waals surface area contributed by atoms with Gasteiger partial charge in [-0.3, -0.25) is 0 Å². The second-order valence-electron chi connectivity index (χ2n) is 6.83. The van der Waals surface area contributed by atoms with Gasteiger partial charge in [-0.2, -0.15) is 0 Å². The number of nitrogens with zero attached hydrogens (tertiary/aromatic N) is 4. The van der Waals surface area contributed by atoms with Gasteiger partial charge in [-0.15, -0.1) is 4.99 Å². The summed E-state index contributed by atoms with van der Waals surface area (Å²) in [6.45, 7) is 6.37. The average molecular weight is 416 g/mol. The molecule has 2 aromatic rings. The fourth-order valence-electron chi connectivity index (χ4n) is 3.21. The first-order valence-corrected chi connectivity index (χ1v) is 9.13. The number of guanidine groups is 1. The van der Waals surface area contributed by atoms with Crippen LogP contribution in [0.5, 0.6) is 0 Å². The van der Waals surface area contributed by atoms with Gasteiger partial charge in [0.15, 0.2) is 17.6 Å². The molecule has 1 atom stereocenters. The summed E-state index contributed by atoms with van der Waals surface area (Å²) < 4.78 is 33.5. The predicted octanol–water partition coefficient (Wildman–Crippen LogP) is 2.50. The third-order valence-corrected chi connectivity index (χ3v) is 4.63. The molecule has 3 rings (SSSR count). The minimum absolute atomic E-state index is 0.109. The fourth-order valence-corrected chi connectivity index (χ4v) is 3.21. The number of nitrogens with two attached hydrogens (primary N) is 2. The molecular weight excluding hydrogens is 394 g/mol. The molecule has 0 bridgehead atoms. The lowest BCUT2D eigenvalue weighted by Gasteiger charge is -2.43. The number of rotatable bonds is 4. The standard InChI is InChI=1S/C20H22F2N6O2/c1-12-10-28(13(2)9-27(12)16-5-3-4-15(21)8-16)18-17(22)14(6-7-25-18)11-30-20(29)26-19(23)24/h3-8,13H,1,9-11H2,2H3,(H4,23,24,26,29). The molecule has 158 valence electrons. The Morgan fingerprint density at radius 2 is 2.13 bits per heavy atom. The number of halogens is 2. The maximum atomic E-state index is 15.1. The zero-order chi connectivity index (χ0) is 21.8. The quantitative estimate of drug-likeness (QED) is 0.582. The number of piperazine rings is 1. The van der Waals surface area contributed by atoms with Gasteiger partial charge >= 0.3 is 6.09 Å². The van der Waals surface area contributed by atoms with Gasteiger partial charge in [0.2, 0.25) is 0 Å². The van der Waals surface area contributed by atoms with Gasteiger partial charge in [0, 0.05) is 35.7 Å². The van der Waals surface area contributed by atoms with Crippen molar-refractivity contribution in [3.05, 3.63) is 66.0 Å². The number of aliphatic imine (C=N–C) groups is 1. The highest BCUT2D eigenvalue weighted by atomic mass is 19.1. The topological polar surface area (TPSA) is 110 Å². The highest BCUT2D eigenvalue weighted by Gasteiger charge is 2.30. The Bertz CT molecular complexity index is 993. The molecule has 4 N–H and O–H groups in total. The summed E-state index contributed by atoms with van der Waals surface area (Å²) in [5, 5.41) is 0. The molecule has 10 heteroatoms. The molecule has 0 radical (unpaired) electrons. The molecule has 8 nitrogen and oxygen atoms in total. The maximum absolute atomic E-state index is 15.1. The van der Waals surface area contributed by atoms with Crippen LogP contribution in [0, 0.1) is 11.6 Å². The molecule has 0 saturated carbocycles. The molecule has 1 aliphatic rings. The summed E-state index contributed by atoms with van der Waals surface area (Å²) in [4.78, 5) is 22.5. The largest absolute Gasteiger partial charge is 0.443 e. The number of pyridine rings is 1. The van der Waals surface area contributed by atoms with Gasteiger partial charge in [-0.05, 0) is 31.2 Å². The van der Waals surface area contributed by atoms with E-state index >= 15 is 4.39 Å². The SMILES string of the molecule is C=C1CN(c2nccc(COC(=O)N=C(N)N)c2F)C(C)CN1c1cccc(F)c1. The Morgan fingerprint density at radius 1 is 1.37 bits per heavy atom. The maximum Gasteiger partial charge on any atom is 0.437 e. The number of hydrogen-bond donors (Lipinski definition) is 2. The van der Waals surface area contributed by atoms with Crippen LogP contribution in [0.2, 0.25) is 0 Å². The zero-order valence-corrected chi connectivity index (χ0v) is 16.4. The van der Waals surface area contributed by atoms with E-state index in [2.05, 4.69) is 16.6 Å². The van der Waals surface area contributed by atoms with E-state index in [1.165, 1.54) is 24.4 Å². The second kappa shape index (κ2) is 8.76. The van der Waals surface area contributed by atoms with E-state index in [1.54, 1.807) is 17.0 Å². The van der Waals surface area contributed by atoms with E-state index in [1.807, 2.05) is 11.8 Å². The lowest BCUT2D eigenvalue weighted by Crippen LogP contribution is -2.51. The Hall–Kier alpha value is -3.69. The van der Waals surface area contributed by atoms with Crippen LogP contribution >= 0.6 is 0 Å². The van der Waals surface area contributed by atoms with Crippen LogP contribution in [0.4, 0.5) is 25.1 Å². The van der Waals surface area contributed by atoms with Crippen molar-refractivity contribution >= 4 is 23.6 Å². The van der Waals surface area contributed by atoms with E-state index in [4.69, 9.17) is 16.2 Å². The van der Waals surface area contributed by atoms with Crippen LogP contribution in [-0.2, 0) is 11.3 Å². The van der Waals surface area contributed by atoms with Crippen molar-refractivity contribution in [1.29, 1.82) is 0 Å². The molecule has 2 heterocycles.